The number of carbonyl (C=O) groups excluding carboxylic acids is 2. The Hall–Kier alpha value is -1.98. The van der Waals surface area contributed by atoms with Crippen LogP contribution in [0.15, 0.2) is 18.2 Å². The standard InChI is InChI=1S/C14H16F2N2O2/c1-3-14(4-2)12(19)17-13(20)18(14)8-9-5-6-10(15)7-11(9)16/h5-7H,3-4,8H2,1-2H3,(H,17,19,20). The summed E-state index contributed by atoms with van der Waals surface area (Å²) >= 11 is 0. The van der Waals surface area contributed by atoms with Crippen LogP contribution in [0.2, 0.25) is 0 Å². The van der Waals surface area contributed by atoms with E-state index in [1.807, 2.05) is 0 Å². The number of urea groups is 1. The molecule has 0 radical (unpaired) electrons. The lowest BCUT2D eigenvalue weighted by molar-refractivity contribution is -0.127. The van der Waals surface area contributed by atoms with Crippen molar-refractivity contribution in [3.8, 4) is 0 Å². The van der Waals surface area contributed by atoms with Crippen LogP contribution in [0.1, 0.15) is 32.3 Å². The van der Waals surface area contributed by atoms with Gasteiger partial charge in [-0.2, -0.15) is 0 Å². The van der Waals surface area contributed by atoms with E-state index in [1.54, 1.807) is 13.8 Å². The van der Waals surface area contributed by atoms with Crippen LogP contribution in [0.5, 0.6) is 0 Å². The molecule has 20 heavy (non-hydrogen) atoms. The average Bonchev–Trinajstić information content (AvgIpc) is 2.64. The number of nitrogens with one attached hydrogen (secondary N) is 1. The first-order chi connectivity index (χ1) is 9.44. The molecule has 1 heterocycles. The molecule has 0 spiro atoms. The summed E-state index contributed by atoms with van der Waals surface area (Å²) in [4.78, 5) is 25.2. The molecule has 108 valence electrons. The SMILES string of the molecule is CCC1(CC)C(=O)NC(=O)N1Cc1ccc(F)cc1F. The molecule has 0 aliphatic carbocycles. The number of rotatable bonds is 4. The van der Waals surface area contributed by atoms with Gasteiger partial charge in [0.15, 0.2) is 0 Å². The summed E-state index contributed by atoms with van der Waals surface area (Å²) in [5.74, 6) is -1.77. The van der Waals surface area contributed by atoms with E-state index in [2.05, 4.69) is 5.32 Å². The second kappa shape index (κ2) is 5.19. The van der Waals surface area contributed by atoms with E-state index in [-0.39, 0.29) is 18.0 Å². The molecule has 1 aromatic carbocycles. The number of nitrogens with zero attached hydrogens (tertiary/aromatic N) is 1. The highest BCUT2D eigenvalue weighted by atomic mass is 19.1. The summed E-state index contributed by atoms with van der Waals surface area (Å²) in [6.45, 7) is 3.54. The Morgan fingerprint density at radius 2 is 1.85 bits per heavy atom. The third-order valence-electron chi connectivity index (χ3n) is 3.92. The molecular weight excluding hydrogens is 266 g/mol. The van der Waals surface area contributed by atoms with E-state index in [0.717, 1.165) is 12.1 Å². The predicted molar refractivity (Wildman–Crippen MR) is 68.8 cm³/mol. The molecule has 4 nitrogen and oxygen atoms in total. The Morgan fingerprint density at radius 1 is 1.20 bits per heavy atom. The van der Waals surface area contributed by atoms with Crippen molar-refractivity contribution in [2.75, 3.05) is 0 Å². The Kier molecular flexibility index (Phi) is 3.74. The van der Waals surface area contributed by atoms with Gasteiger partial charge in [-0.1, -0.05) is 19.9 Å². The van der Waals surface area contributed by atoms with Gasteiger partial charge < -0.3 is 4.90 Å². The molecule has 0 saturated carbocycles. The molecule has 0 atom stereocenters. The molecule has 6 heteroatoms. The highest BCUT2D eigenvalue weighted by Gasteiger charge is 2.50. The number of hydrogen-bond acceptors (Lipinski definition) is 2. The van der Waals surface area contributed by atoms with Crippen LogP contribution in [0, 0.1) is 11.6 Å². The van der Waals surface area contributed by atoms with Crippen LogP contribution in [0.25, 0.3) is 0 Å². The highest BCUT2D eigenvalue weighted by molar-refractivity contribution is 6.06. The molecule has 1 aliphatic heterocycles. The van der Waals surface area contributed by atoms with E-state index < -0.39 is 23.2 Å². The van der Waals surface area contributed by atoms with E-state index in [1.165, 1.54) is 11.0 Å². The minimum atomic E-state index is -0.960. The van der Waals surface area contributed by atoms with Crippen molar-refractivity contribution >= 4 is 11.9 Å². The van der Waals surface area contributed by atoms with Gasteiger partial charge >= 0.3 is 6.03 Å². The predicted octanol–water partition coefficient (Wildman–Crippen LogP) is 2.58. The summed E-state index contributed by atoms with van der Waals surface area (Å²) < 4.78 is 26.6. The van der Waals surface area contributed by atoms with E-state index >= 15 is 0 Å². The topological polar surface area (TPSA) is 49.4 Å². The minimum Gasteiger partial charge on any atom is -0.305 e. The van der Waals surface area contributed by atoms with Crippen molar-refractivity contribution in [3.05, 3.63) is 35.4 Å². The Labute approximate surface area is 115 Å². The molecule has 0 unspecified atom stereocenters. The number of amides is 3. The van der Waals surface area contributed by atoms with E-state index in [0.29, 0.717) is 12.8 Å². The van der Waals surface area contributed by atoms with Gasteiger partial charge in [0.25, 0.3) is 5.91 Å². The minimum absolute atomic E-state index is 0.0641. The first-order valence-corrected chi connectivity index (χ1v) is 6.51. The summed E-state index contributed by atoms with van der Waals surface area (Å²) in [7, 11) is 0. The molecule has 1 aliphatic rings. The number of halogens is 2. The van der Waals surface area contributed by atoms with Gasteiger partial charge in [-0.05, 0) is 18.9 Å². The van der Waals surface area contributed by atoms with Crippen molar-refractivity contribution in [3.63, 3.8) is 0 Å². The molecule has 2 rings (SSSR count). The van der Waals surface area contributed by atoms with Crippen LogP contribution in [0.3, 0.4) is 0 Å². The van der Waals surface area contributed by atoms with Gasteiger partial charge in [0, 0.05) is 11.6 Å². The summed E-state index contributed by atoms with van der Waals surface area (Å²) in [6.07, 6.45) is 0.869. The van der Waals surface area contributed by atoms with Crippen molar-refractivity contribution in [2.45, 2.75) is 38.8 Å². The molecule has 1 saturated heterocycles. The van der Waals surface area contributed by atoms with Gasteiger partial charge in [0.05, 0.1) is 6.54 Å². The second-order valence-electron chi connectivity index (χ2n) is 4.82. The fourth-order valence-corrected chi connectivity index (χ4v) is 2.59. The van der Waals surface area contributed by atoms with Gasteiger partial charge in [-0.15, -0.1) is 0 Å². The second-order valence-corrected chi connectivity index (χ2v) is 4.82. The monoisotopic (exact) mass is 282 g/mol. The maximum atomic E-state index is 13.7. The van der Waals surface area contributed by atoms with Gasteiger partial charge in [-0.25, -0.2) is 13.6 Å². The van der Waals surface area contributed by atoms with Crippen molar-refractivity contribution in [2.24, 2.45) is 0 Å². The number of carbonyl (C=O) groups is 2. The molecule has 3 amide bonds. The fourth-order valence-electron chi connectivity index (χ4n) is 2.59. The van der Waals surface area contributed by atoms with Crippen LogP contribution in [0.4, 0.5) is 13.6 Å². The number of imide groups is 1. The maximum absolute atomic E-state index is 13.7. The van der Waals surface area contributed by atoms with Gasteiger partial charge in [-0.3, -0.25) is 10.1 Å². The third kappa shape index (κ3) is 2.15. The first kappa shape index (κ1) is 14.4. The normalized spacial score (nSPS) is 17.5. The largest absolute Gasteiger partial charge is 0.325 e. The Balaban J connectivity index is 2.35. The molecule has 1 aromatic rings. The van der Waals surface area contributed by atoms with E-state index in [4.69, 9.17) is 0 Å². The molecule has 1 fully saturated rings. The van der Waals surface area contributed by atoms with Crippen molar-refractivity contribution < 1.29 is 18.4 Å². The van der Waals surface area contributed by atoms with Gasteiger partial charge in [0.2, 0.25) is 0 Å². The Morgan fingerprint density at radius 3 is 2.40 bits per heavy atom. The lowest BCUT2D eigenvalue weighted by Gasteiger charge is -2.33. The quantitative estimate of drug-likeness (QED) is 0.863. The molecule has 0 bridgehead atoms. The lowest BCUT2D eigenvalue weighted by atomic mass is 9.91. The smallest absolute Gasteiger partial charge is 0.305 e. The molecule has 0 aromatic heterocycles. The molecule has 1 N–H and O–H groups in total. The lowest BCUT2D eigenvalue weighted by Crippen LogP contribution is -2.48. The Bertz CT molecular complexity index is 556. The number of benzene rings is 1. The van der Waals surface area contributed by atoms with Crippen LogP contribution < -0.4 is 5.32 Å². The summed E-state index contributed by atoms with van der Waals surface area (Å²) in [5, 5.41) is 2.26. The molecular formula is C14H16F2N2O2. The fraction of sp³-hybridized carbons (Fsp3) is 0.429. The number of hydrogen-bond donors (Lipinski definition) is 1. The highest BCUT2D eigenvalue weighted by Crippen LogP contribution is 2.31. The zero-order chi connectivity index (χ0) is 14.9. The zero-order valence-corrected chi connectivity index (χ0v) is 11.4. The summed E-state index contributed by atoms with van der Waals surface area (Å²) in [5.41, 5.74) is -0.778. The van der Waals surface area contributed by atoms with Crippen molar-refractivity contribution in [1.29, 1.82) is 0 Å². The van der Waals surface area contributed by atoms with Crippen LogP contribution in [-0.4, -0.2) is 22.4 Å². The van der Waals surface area contributed by atoms with Gasteiger partial charge in [0.1, 0.15) is 17.2 Å². The first-order valence-electron chi connectivity index (χ1n) is 6.51. The van der Waals surface area contributed by atoms with Crippen LogP contribution >= 0.6 is 0 Å². The third-order valence-corrected chi connectivity index (χ3v) is 3.92. The maximum Gasteiger partial charge on any atom is 0.325 e. The zero-order valence-electron chi connectivity index (χ0n) is 11.4. The van der Waals surface area contributed by atoms with E-state index in [9.17, 15) is 18.4 Å². The average molecular weight is 282 g/mol. The van der Waals surface area contributed by atoms with Crippen LogP contribution in [-0.2, 0) is 11.3 Å². The summed E-state index contributed by atoms with van der Waals surface area (Å²) in [6, 6.07) is 2.65. The van der Waals surface area contributed by atoms with Crippen molar-refractivity contribution in [1.82, 2.24) is 10.2 Å².